The summed E-state index contributed by atoms with van der Waals surface area (Å²) in [7, 11) is 0. The Kier molecular flexibility index (Phi) is 12.2. The summed E-state index contributed by atoms with van der Waals surface area (Å²) in [5.74, 6) is -0.641. The lowest BCUT2D eigenvalue weighted by atomic mass is 10.2. The topological polar surface area (TPSA) is 135 Å². The molecule has 0 unspecified atom stereocenters. The molecule has 0 aromatic heterocycles. The van der Waals surface area contributed by atoms with Gasteiger partial charge in [0, 0.05) is 21.8 Å². The molecule has 4 N–H and O–H groups in total. The number of hydrogen-bond donors (Lipinski definition) is 4. The molecule has 12 heteroatoms. The lowest BCUT2D eigenvalue weighted by Gasteiger charge is -2.11. The first-order chi connectivity index (χ1) is 17.1. The van der Waals surface area contributed by atoms with Crippen LogP contribution >= 0.6 is 31.9 Å². The molecular formula is C24H28Br2N4O6. The molecule has 4 amide bonds. The largest absolute Gasteiger partial charge is 0.483 e. The standard InChI is InChI=1S/C24H28Br2N4O6/c1-15-11-17(25)7-9-19(15)35-13-23(33)29-27-21(31)5-3-4-6-22(32)28-30-24(34)14-36-20-10-8-18(26)12-16(20)2/h7-12H,3-6,13-14H2,1-2H3,(H,27,31)(H,28,32)(H,29,33)(H,30,34). The molecule has 0 radical (unpaired) electrons. The van der Waals surface area contributed by atoms with E-state index in [-0.39, 0.29) is 26.1 Å². The molecule has 0 fully saturated rings. The molecule has 0 aliphatic rings. The number of nitrogens with one attached hydrogen (secondary N) is 4. The molecule has 0 aliphatic heterocycles. The summed E-state index contributed by atoms with van der Waals surface area (Å²) in [6.45, 7) is 3.22. The quantitative estimate of drug-likeness (QED) is 0.223. The van der Waals surface area contributed by atoms with E-state index in [0.29, 0.717) is 24.3 Å². The number of hydrogen-bond acceptors (Lipinski definition) is 6. The zero-order valence-corrected chi connectivity index (χ0v) is 23.1. The zero-order valence-electron chi connectivity index (χ0n) is 19.9. The maximum absolute atomic E-state index is 11.9. The van der Waals surface area contributed by atoms with Crippen LogP contribution in [0.2, 0.25) is 0 Å². The van der Waals surface area contributed by atoms with Crippen molar-refractivity contribution in [2.45, 2.75) is 39.5 Å². The molecule has 0 aliphatic carbocycles. The molecule has 0 bridgehead atoms. The minimum absolute atomic E-state index is 0.118. The van der Waals surface area contributed by atoms with Crippen molar-refractivity contribution in [3.63, 3.8) is 0 Å². The predicted molar refractivity (Wildman–Crippen MR) is 140 cm³/mol. The zero-order chi connectivity index (χ0) is 26.5. The Bertz CT molecular complexity index is 1010. The fraction of sp³-hybridized carbons (Fsp3) is 0.333. The average Bonchev–Trinajstić information content (AvgIpc) is 2.83. The number of rotatable bonds is 11. The van der Waals surface area contributed by atoms with Crippen molar-refractivity contribution in [2.75, 3.05) is 13.2 Å². The summed E-state index contributed by atoms with van der Waals surface area (Å²) < 4.78 is 12.7. The molecule has 2 aromatic carbocycles. The van der Waals surface area contributed by atoms with Gasteiger partial charge in [-0.25, -0.2) is 0 Å². The Balaban J connectivity index is 1.52. The third-order valence-corrected chi connectivity index (χ3v) is 5.72. The van der Waals surface area contributed by atoms with Crippen LogP contribution in [0.15, 0.2) is 45.3 Å². The van der Waals surface area contributed by atoms with Gasteiger partial charge in [-0.05, 0) is 74.2 Å². The normalized spacial score (nSPS) is 10.2. The van der Waals surface area contributed by atoms with E-state index in [1.54, 1.807) is 24.3 Å². The van der Waals surface area contributed by atoms with Crippen molar-refractivity contribution in [3.8, 4) is 11.5 Å². The molecule has 0 atom stereocenters. The van der Waals surface area contributed by atoms with Crippen LogP contribution in [0.3, 0.4) is 0 Å². The Hall–Kier alpha value is -3.12. The van der Waals surface area contributed by atoms with Crippen molar-refractivity contribution in [3.05, 3.63) is 56.5 Å². The average molecular weight is 628 g/mol. The molecule has 194 valence electrons. The minimum Gasteiger partial charge on any atom is -0.483 e. The third kappa shape index (κ3) is 11.1. The maximum atomic E-state index is 11.9. The predicted octanol–water partition coefficient (Wildman–Crippen LogP) is 3.14. The molecule has 2 aromatic rings. The number of carbonyl (C=O) groups is 4. The van der Waals surface area contributed by atoms with Gasteiger partial charge in [-0.3, -0.25) is 40.9 Å². The molecular weight excluding hydrogens is 600 g/mol. The fourth-order valence-corrected chi connectivity index (χ4v) is 3.83. The number of benzene rings is 2. The van der Waals surface area contributed by atoms with Crippen LogP contribution < -0.4 is 31.2 Å². The minimum atomic E-state index is -0.500. The highest BCUT2D eigenvalue weighted by Gasteiger charge is 2.10. The Labute approximate surface area is 226 Å². The van der Waals surface area contributed by atoms with Gasteiger partial charge in [-0.1, -0.05) is 31.9 Å². The monoisotopic (exact) mass is 626 g/mol. The molecule has 10 nitrogen and oxygen atoms in total. The van der Waals surface area contributed by atoms with Gasteiger partial charge in [0.2, 0.25) is 11.8 Å². The van der Waals surface area contributed by atoms with Crippen LogP contribution in [-0.4, -0.2) is 36.8 Å². The summed E-state index contributed by atoms with van der Waals surface area (Å²) in [4.78, 5) is 47.4. The van der Waals surface area contributed by atoms with Gasteiger partial charge in [0.1, 0.15) is 11.5 Å². The first kappa shape index (κ1) is 29.1. The van der Waals surface area contributed by atoms with Crippen molar-refractivity contribution < 1.29 is 28.7 Å². The molecule has 0 spiro atoms. The number of aryl methyl sites for hydroxylation is 2. The van der Waals surface area contributed by atoms with E-state index < -0.39 is 23.6 Å². The van der Waals surface area contributed by atoms with E-state index in [1.807, 2.05) is 26.0 Å². The number of ether oxygens (including phenoxy) is 2. The smallest absolute Gasteiger partial charge is 0.276 e. The Morgan fingerprint density at radius 3 is 1.36 bits per heavy atom. The van der Waals surface area contributed by atoms with Crippen molar-refractivity contribution in [1.29, 1.82) is 0 Å². The van der Waals surface area contributed by atoms with Crippen molar-refractivity contribution in [1.82, 2.24) is 21.7 Å². The van der Waals surface area contributed by atoms with Crippen LogP contribution in [0.5, 0.6) is 11.5 Å². The summed E-state index contributed by atoms with van der Waals surface area (Å²) in [6, 6.07) is 10.8. The molecule has 0 saturated heterocycles. The molecule has 36 heavy (non-hydrogen) atoms. The summed E-state index contributed by atoms with van der Waals surface area (Å²) in [5.41, 5.74) is 10.9. The molecule has 0 saturated carbocycles. The van der Waals surface area contributed by atoms with Gasteiger partial charge < -0.3 is 9.47 Å². The van der Waals surface area contributed by atoms with Crippen molar-refractivity contribution in [2.24, 2.45) is 0 Å². The second-order valence-electron chi connectivity index (χ2n) is 7.80. The summed E-state index contributed by atoms with van der Waals surface area (Å²) in [6.07, 6.45) is 1.08. The van der Waals surface area contributed by atoms with E-state index in [4.69, 9.17) is 9.47 Å². The van der Waals surface area contributed by atoms with E-state index in [1.165, 1.54) is 0 Å². The van der Waals surface area contributed by atoms with Crippen molar-refractivity contribution >= 4 is 55.5 Å². The second kappa shape index (κ2) is 15.1. The van der Waals surface area contributed by atoms with E-state index in [0.717, 1.165) is 20.1 Å². The third-order valence-electron chi connectivity index (χ3n) is 4.73. The van der Waals surface area contributed by atoms with E-state index in [2.05, 4.69) is 53.6 Å². The van der Waals surface area contributed by atoms with Crippen LogP contribution in [-0.2, 0) is 19.2 Å². The summed E-state index contributed by atoms with van der Waals surface area (Å²) in [5, 5.41) is 0. The summed E-state index contributed by atoms with van der Waals surface area (Å²) >= 11 is 6.71. The Morgan fingerprint density at radius 1 is 0.639 bits per heavy atom. The SMILES string of the molecule is Cc1cc(Br)ccc1OCC(=O)NNC(=O)CCCCC(=O)NNC(=O)COc1ccc(Br)cc1C. The van der Waals surface area contributed by atoms with Crippen LogP contribution in [0.1, 0.15) is 36.8 Å². The van der Waals surface area contributed by atoms with Gasteiger partial charge in [0.15, 0.2) is 13.2 Å². The second-order valence-corrected chi connectivity index (χ2v) is 9.63. The lowest BCUT2D eigenvalue weighted by molar-refractivity contribution is -0.130. The molecule has 2 rings (SSSR count). The van der Waals surface area contributed by atoms with E-state index in [9.17, 15) is 19.2 Å². The fourth-order valence-electron chi connectivity index (χ4n) is 2.88. The van der Waals surface area contributed by atoms with Gasteiger partial charge in [0.25, 0.3) is 11.8 Å². The highest BCUT2D eigenvalue weighted by Crippen LogP contribution is 2.22. The number of halogens is 2. The van der Waals surface area contributed by atoms with Gasteiger partial charge in [-0.2, -0.15) is 0 Å². The number of unbranched alkanes of at least 4 members (excludes halogenated alkanes) is 1. The lowest BCUT2D eigenvalue weighted by Crippen LogP contribution is -2.44. The van der Waals surface area contributed by atoms with Gasteiger partial charge in [0.05, 0.1) is 0 Å². The molecule has 0 heterocycles. The van der Waals surface area contributed by atoms with Gasteiger partial charge >= 0.3 is 0 Å². The van der Waals surface area contributed by atoms with E-state index >= 15 is 0 Å². The highest BCUT2D eigenvalue weighted by molar-refractivity contribution is 9.10. The first-order valence-corrected chi connectivity index (χ1v) is 12.7. The Morgan fingerprint density at radius 2 is 1.00 bits per heavy atom. The maximum Gasteiger partial charge on any atom is 0.276 e. The first-order valence-electron chi connectivity index (χ1n) is 11.1. The van der Waals surface area contributed by atoms with Crippen LogP contribution in [0.4, 0.5) is 0 Å². The number of carbonyl (C=O) groups excluding carboxylic acids is 4. The highest BCUT2D eigenvalue weighted by atomic mass is 79.9. The van der Waals surface area contributed by atoms with Crippen LogP contribution in [0, 0.1) is 13.8 Å². The van der Waals surface area contributed by atoms with Crippen LogP contribution in [0.25, 0.3) is 0 Å². The number of amides is 4. The van der Waals surface area contributed by atoms with Gasteiger partial charge in [-0.15, -0.1) is 0 Å². The number of hydrazine groups is 2.